The van der Waals surface area contributed by atoms with Crippen LogP contribution in [0.3, 0.4) is 0 Å². The first-order chi connectivity index (χ1) is 9.40. The first kappa shape index (κ1) is 14.4. The summed E-state index contributed by atoms with van der Waals surface area (Å²) < 4.78 is 5.74. The Morgan fingerprint density at radius 1 is 1.05 bits per heavy atom. The van der Waals surface area contributed by atoms with E-state index in [1.54, 1.807) is 18.2 Å². The highest BCUT2D eigenvalue weighted by Crippen LogP contribution is 2.30. The second kappa shape index (κ2) is 5.56. The molecule has 0 N–H and O–H groups in total. The van der Waals surface area contributed by atoms with Gasteiger partial charge in [-0.1, -0.05) is 44.5 Å². The molecule has 2 aromatic carbocycles. The van der Waals surface area contributed by atoms with Crippen LogP contribution in [0.1, 0.15) is 31.9 Å². The van der Waals surface area contributed by atoms with Gasteiger partial charge in [-0.2, -0.15) is 5.26 Å². The maximum Gasteiger partial charge on any atom is 0.146 e. The Bertz CT molecular complexity index is 648. The van der Waals surface area contributed by atoms with Gasteiger partial charge in [0.15, 0.2) is 0 Å². The highest BCUT2D eigenvalue weighted by Gasteiger charge is 2.13. The minimum Gasteiger partial charge on any atom is -0.456 e. The Hall–Kier alpha value is -1.98. The summed E-state index contributed by atoms with van der Waals surface area (Å²) in [5.74, 6) is 1.17. The van der Waals surface area contributed by atoms with Gasteiger partial charge in [-0.3, -0.25) is 0 Å². The van der Waals surface area contributed by atoms with Crippen LogP contribution in [0, 0.1) is 11.3 Å². The number of benzene rings is 2. The maximum atomic E-state index is 9.07. The van der Waals surface area contributed by atoms with E-state index in [1.807, 2.05) is 24.3 Å². The fourth-order valence-corrected chi connectivity index (χ4v) is 1.99. The Balaban J connectivity index is 2.27. The van der Waals surface area contributed by atoms with Crippen molar-refractivity contribution in [1.29, 1.82) is 5.26 Å². The number of nitriles is 1. The number of ether oxygens (including phenoxy) is 1. The number of nitrogens with zero attached hydrogens (tertiary/aromatic N) is 1. The minimum atomic E-state index is 0.104. The zero-order valence-corrected chi connectivity index (χ0v) is 12.5. The van der Waals surface area contributed by atoms with Crippen molar-refractivity contribution >= 4 is 11.6 Å². The van der Waals surface area contributed by atoms with Crippen LogP contribution in [0.4, 0.5) is 0 Å². The second-order valence-electron chi connectivity index (χ2n) is 5.63. The molecule has 0 spiro atoms. The molecule has 0 aliphatic rings. The summed E-state index contributed by atoms with van der Waals surface area (Å²) in [7, 11) is 0. The van der Waals surface area contributed by atoms with Crippen LogP contribution in [-0.2, 0) is 5.41 Å². The number of rotatable bonds is 2. The van der Waals surface area contributed by atoms with E-state index in [4.69, 9.17) is 21.6 Å². The fraction of sp³-hybridized carbons (Fsp3) is 0.235. The molecule has 2 nitrogen and oxygen atoms in total. The predicted molar refractivity (Wildman–Crippen MR) is 81.4 cm³/mol. The zero-order chi connectivity index (χ0) is 14.8. The monoisotopic (exact) mass is 285 g/mol. The topological polar surface area (TPSA) is 33.0 Å². The highest BCUT2D eigenvalue weighted by molar-refractivity contribution is 6.30. The van der Waals surface area contributed by atoms with Crippen molar-refractivity contribution in [3.63, 3.8) is 0 Å². The van der Waals surface area contributed by atoms with Crippen molar-refractivity contribution in [2.24, 2.45) is 0 Å². The fourth-order valence-electron chi connectivity index (χ4n) is 1.82. The van der Waals surface area contributed by atoms with E-state index in [2.05, 4.69) is 26.8 Å². The van der Waals surface area contributed by atoms with Gasteiger partial charge >= 0.3 is 0 Å². The zero-order valence-electron chi connectivity index (χ0n) is 11.8. The highest BCUT2D eigenvalue weighted by atomic mass is 35.5. The lowest BCUT2D eigenvalue weighted by Gasteiger charge is -2.19. The van der Waals surface area contributed by atoms with E-state index in [1.165, 1.54) is 5.56 Å². The molecule has 0 aliphatic heterocycles. The molecule has 0 saturated carbocycles. The second-order valence-corrected chi connectivity index (χ2v) is 6.07. The molecule has 0 aliphatic carbocycles. The summed E-state index contributed by atoms with van der Waals surface area (Å²) >= 11 is 5.94. The van der Waals surface area contributed by atoms with Crippen LogP contribution in [0.15, 0.2) is 42.5 Å². The normalized spacial score (nSPS) is 10.9. The van der Waals surface area contributed by atoms with Crippen LogP contribution < -0.4 is 4.74 Å². The Kier molecular flexibility index (Phi) is 4.01. The van der Waals surface area contributed by atoms with E-state index in [-0.39, 0.29) is 5.41 Å². The summed E-state index contributed by atoms with van der Waals surface area (Å²) in [4.78, 5) is 0. The van der Waals surface area contributed by atoms with E-state index in [0.717, 1.165) is 0 Å². The predicted octanol–water partition coefficient (Wildman–Crippen LogP) is 5.30. The molecule has 0 radical (unpaired) electrons. The number of hydrogen-bond acceptors (Lipinski definition) is 2. The first-order valence-corrected chi connectivity index (χ1v) is 6.76. The lowest BCUT2D eigenvalue weighted by atomic mass is 9.87. The first-order valence-electron chi connectivity index (χ1n) is 6.38. The lowest BCUT2D eigenvalue weighted by molar-refractivity contribution is 0.480. The number of hydrogen-bond donors (Lipinski definition) is 0. The quantitative estimate of drug-likeness (QED) is 0.750. The van der Waals surface area contributed by atoms with E-state index < -0.39 is 0 Å². The third kappa shape index (κ3) is 3.31. The number of halogens is 1. The molecule has 3 heteroatoms. The summed E-state index contributed by atoms with van der Waals surface area (Å²) in [5.41, 5.74) is 1.80. The van der Waals surface area contributed by atoms with Crippen molar-refractivity contribution in [3.05, 3.63) is 58.6 Å². The van der Waals surface area contributed by atoms with Gasteiger partial charge in [0.25, 0.3) is 0 Å². The molecule has 0 amide bonds. The molecule has 2 rings (SSSR count). The Labute approximate surface area is 124 Å². The van der Waals surface area contributed by atoms with Crippen molar-refractivity contribution in [1.82, 2.24) is 0 Å². The van der Waals surface area contributed by atoms with E-state index >= 15 is 0 Å². The molecule has 0 unspecified atom stereocenters. The van der Waals surface area contributed by atoms with Gasteiger partial charge in [-0.15, -0.1) is 0 Å². The van der Waals surface area contributed by atoms with Crippen LogP contribution in [-0.4, -0.2) is 0 Å². The van der Waals surface area contributed by atoms with Crippen LogP contribution in [0.25, 0.3) is 0 Å². The molecule has 2 aromatic rings. The lowest BCUT2D eigenvalue weighted by Crippen LogP contribution is -2.10. The molecule has 20 heavy (non-hydrogen) atoms. The molecule has 102 valence electrons. The van der Waals surface area contributed by atoms with Gasteiger partial charge in [0.2, 0.25) is 0 Å². The smallest absolute Gasteiger partial charge is 0.146 e. The summed E-state index contributed by atoms with van der Waals surface area (Å²) in [6, 6.07) is 15.0. The SMILES string of the molecule is CC(C)(C)c1ccc(Oc2cc(Cl)ccc2C#N)cc1. The Morgan fingerprint density at radius 2 is 1.70 bits per heavy atom. The third-order valence-electron chi connectivity index (χ3n) is 3.01. The molecule has 0 fully saturated rings. The van der Waals surface area contributed by atoms with Gasteiger partial charge in [-0.05, 0) is 35.2 Å². The molecular weight excluding hydrogens is 270 g/mol. The standard InChI is InChI=1S/C17H16ClNO/c1-17(2,3)13-5-8-15(9-6-13)20-16-10-14(18)7-4-12(16)11-19/h4-10H,1-3H3. The average Bonchev–Trinajstić information content (AvgIpc) is 2.38. The van der Waals surface area contributed by atoms with Crippen molar-refractivity contribution in [2.45, 2.75) is 26.2 Å². The molecule has 0 heterocycles. The summed E-state index contributed by atoms with van der Waals surface area (Å²) in [6.07, 6.45) is 0. The van der Waals surface area contributed by atoms with E-state index in [9.17, 15) is 0 Å². The summed E-state index contributed by atoms with van der Waals surface area (Å²) in [5, 5.41) is 9.61. The Morgan fingerprint density at radius 3 is 2.25 bits per heavy atom. The van der Waals surface area contributed by atoms with Gasteiger partial charge < -0.3 is 4.74 Å². The average molecular weight is 286 g/mol. The van der Waals surface area contributed by atoms with Crippen molar-refractivity contribution in [2.75, 3.05) is 0 Å². The van der Waals surface area contributed by atoms with Crippen LogP contribution in [0.2, 0.25) is 5.02 Å². The maximum absolute atomic E-state index is 9.07. The largest absolute Gasteiger partial charge is 0.456 e. The van der Waals surface area contributed by atoms with Gasteiger partial charge in [-0.25, -0.2) is 0 Å². The molecule has 0 atom stereocenters. The van der Waals surface area contributed by atoms with Crippen molar-refractivity contribution in [3.8, 4) is 17.6 Å². The van der Waals surface area contributed by atoms with Crippen LogP contribution >= 0.6 is 11.6 Å². The summed E-state index contributed by atoms with van der Waals surface area (Å²) in [6.45, 7) is 6.48. The molecular formula is C17H16ClNO. The molecule has 0 aromatic heterocycles. The molecule has 0 saturated heterocycles. The van der Waals surface area contributed by atoms with Gasteiger partial charge in [0.05, 0.1) is 5.56 Å². The van der Waals surface area contributed by atoms with Crippen molar-refractivity contribution < 1.29 is 4.74 Å². The molecule has 0 bridgehead atoms. The van der Waals surface area contributed by atoms with Crippen LogP contribution in [0.5, 0.6) is 11.5 Å². The minimum absolute atomic E-state index is 0.104. The van der Waals surface area contributed by atoms with Gasteiger partial charge in [0, 0.05) is 11.1 Å². The van der Waals surface area contributed by atoms with E-state index in [0.29, 0.717) is 22.1 Å². The van der Waals surface area contributed by atoms with Gasteiger partial charge in [0.1, 0.15) is 17.6 Å². The third-order valence-corrected chi connectivity index (χ3v) is 3.25.